The van der Waals surface area contributed by atoms with Crippen LogP contribution >= 0.6 is 11.6 Å². The molecule has 0 bridgehead atoms. The Morgan fingerprint density at radius 2 is 1.70 bits per heavy atom. The molecule has 2 N–H and O–H groups in total. The van der Waals surface area contributed by atoms with Crippen molar-refractivity contribution in [3.8, 4) is 17.2 Å². The largest absolute Gasteiger partial charge is 1.00 e. The number of rotatable bonds is 6. The second-order valence-corrected chi connectivity index (χ2v) is 9.20. The van der Waals surface area contributed by atoms with Crippen LogP contribution in [-0.4, -0.2) is 51.9 Å². The summed E-state index contributed by atoms with van der Waals surface area (Å²) in [6.07, 6.45) is 2.88. The van der Waals surface area contributed by atoms with Crippen molar-refractivity contribution in [2.75, 3.05) is 41.0 Å². The molecule has 2 aromatic rings. The Morgan fingerprint density at radius 3 is 2.27 bits per heavy atom. The topological polar surface area (TPSA) is 69.4 Å². The van der Waals surface area contributed by atoms with Crippen LogP contribution in [0.5, 0.6) is 17.2 Å². The summed E-state index contributed by atoms with van der Waals surface area (Å²) in [6, 6.07) is 9.25. The second kappa shape index (κ2) is 10.5. The van der Waals surface area contributed by atoms with Crippen molar-refractivity contribution in [1.82, 2.24) is 0 Å². The third kappa shape index (κ3) is 4.94. The van der Waals surface area contributed by atoms with Crippen LogP contribution in [0.4, 0.5) is 0 Å². The fourth-order valence-corrected chi connectivity index (χ4v) is 5.29. The van der Waals surface area contributed by atoms with Crippen molar-refractivity contribution >= 4 is 17.4 Å². The van der Waals surface area contributed by atoms with E-state index in [0.717, 1.165) is 43.6 Å². The molecule has 33 heavy (non-hydrogen) atoms. The van der Waals surface area contributed by atoms with Gasteiger partial charge in [-0.2, -0.15) is 0 Å². The lowest BCUT2D eigenvalue weighted by Crippen LogP contribution is -3.14. The highest BCUT2D eigenvalue weighted by molar-refractivity contribution is 6.30. The van der Waals surface area contributed by atoms with Gasteiger partial charge >= 0.3 is 0 Å². The van der Waals surface area contributed by atoms with E-state index >= 15 is 0 Å². The molecule has 1 heterocycles. The van der Waals surface area contributed by atoms with Crippen molar-refractivity contribution < 1.29 is 41.4 Å². The van der Waals surface area contributed by atoms with Crippen LogP contribution in [0.2, 0.25) is 5.02 Å². The smallest absolute Gasteiger partial charge is 0.203 e. The van der Waals surface area contributed by atoms with Gasteiger partial charge in [0, 0.05) is 29.0 Å². The molecule has 1 atom stereocenters. The number of carbonyl (C=O) groups is 1. The summed E-state index contributed by atoms with van der Waals surface area (Å²) < 4.78 is 16.5. The molecule has 8 heteroatoms. The van der Waals surface area contributed by atoms with Crippen LogP contribution in [0.3, 0.4) is 0 Å². The third-order valence-electron chi connectivity index (χ3n) is 7.01. The Bertz CT molecular complexity index is 987. The number of hydrogen-bond donors (Lipinski definition) is 2. The summed E-state index contributed by atoms with van der Waals surface area (Å²) in [6.45, 7) is 2.42. The lowest BCUT2D eigenvalue weighted by atomic mass is 9.80. The predicted molar refractivity (Wildman–Crippen MR) is 122 cm³/mol. The zero-order chi connectivity index (χ0) is 22.9. The number of methoxy groups -OCH3 is 3. The van der Waals surface area contributed by atoms with Crippen LogP contribution < -0.4 is 31.5 Å². The normalized spacial score (nSPS) is 24.5. The Morgan fingerprint density at radius 1 is 1.06 bits per heavy atom. The van der Waals surface area contributed by atoms with E-state index in [2.05, 4.69) is 0 Å². The molecule has 0 amide bonds. The number of aliphatic hydroxyl groups is 1. The van der Waals surface area contributed by atoms with Gasteiger partial charge in [-0.25, -0.2) is 0 Å². The molecule has 180 valence electrons. The molecule has 0 saturated carbocycles. The molecule has 1 saturated heterocycles. The zero-order valence-electron chi connectivity index (χ0n) is 19.2. The van der Waals surface area contributed by atoms with Gasteiger partial charge in [-0.15, -0.1) is 0 Å². The van der Waals surface area contributed by atoms with Crippen molar-refractivity contribution in [3.63, 3.8) is 0 Å². The van der Waals surface area contributed by atoms with E-state index in [0.29, 0.717) is 40.7 Å². The fraction of sp³-hybridized carbons (Fsp3) is 0.480. The SMILES string of the molecule is COc1cc2c(c(OC)c1OC)CCC(C[NH+]1CCC(O)(c3ccc(Cl)cc3)CC1)C2=O.[Cl-]. The van der Waals surface area contributed by atoms with Crippen LogP contribution in [0, 0.1) is 5.92 Å². The number of piperidine rings is 1. The van der Waals surface area contributed by atoms with Gasteiger partial charge in [-0.1, -0.05) is 23.7 Å². The maximum atomic E-state index is 13.4. The monoisotopic (exact) mass is 495 g/mol. The summed E-state index contributed by atoms with van der Waals surface area (Å²) in [5.41, 5.74) is 1.66. The van der Waals surface area contributed by atoms with Gasteiger partial charge in [0.25, 0.3) is 0 Å². The molecule has 2 aliphatic rings. The first-order valence-corrected chi connectivity index (χ1v) is 11.5. The number of hydrogen-bond acceptors (Lipinski definition) is 5. The standard InChI is InChI=1S/C25H30ClNO5.ClH/c1-30-21-14-20-19(23(31-2)24(21)32-3)9-4-16(22(20)28)15-27-12-10-25(29,11-13-27)17-5-7-18(26)8-6-17;/h5-8,14,16,29H,4,9-13,15H2,1-3H3;1H. The molecular weight excluding hydrogens is 465 g/mol. The summed E-state index contributed by atoms with van der Waals surface area (Å²) in [7, 11) is 4.73. The van der Waals surface area contributed by atoms with Gasteiger partial charge in [0.1, 0.15) is 5.60 Å². The van der Waals surface area contributed by atoms with E-state index in [9.17, 15) is 9.90 Å². The highest BCUT2D eigenvalue weighted by Crippen LogP contribution is 2.45. The second-order valence-electron chi connectivity index (χ2n) is 8.76. The van der Waals surface area contributed by atoms with E-state index < -0.39 is 5.60 Å². The molecule has 0 aromatic heterocycles. The average molecular weight is 496 g/mol. The quantitative estimate of drug-likeness (QED) is 0.574. The molecule has 4 rings (SSSR count). The highest BCUT2D eigenvalue weighted by Gasteiger charge is 2.39. The van der Waals surface area contributed by atoms with Crippen molar-refractivity contribution in [3.05, 3.63) is 52.0 Å². The van der Waals surface area contributed by atoms with Gasteiger partial charge in [0.2, 0.25) is 5.75 Å². The molecule has 0 radical (unpaired) electrons. The number of likely N-dealkylation sites (tertiary alicyclic amines) is 1. The van der Waals surface area contributed by atoms with Crippen molar-refractivity contribution in [1.29, 1.82) is 0 Å². The summed E-state index contributed by atoms with van der Waals surface area (Å²) >= 11 is 5.99. The Kier molecular flexibility index (Phi) is 8.17. The van der Waals surface area contributed by atoms with Gasteiger partial charge < -0.3 is 36.6 Å². The predicted octanol–water partition coefficient (Wildman–Crippen LogP) is -0.319. The van der Waals surface area contributed by atoms with Crippen LogP contribution in [0.25, 0.3) is 0 Å². The lowest BCUT2D eigenvalue weighted by molar-refractivity contribution is -0.910. The Balaban J connectivity index is 0.00000306. The summed E-state index contributed by atoms with van der Waals surface area (Å²) in [4.78, 5) is 14.7. The van der Waals surface area contributed by atoms with Gasteiger partial charge in [0.05, 0.1) is 46.9 Å². The van der Waals surface area contributed by atoms with Crippen molar-refractivity contribution in [2.45, 2.75) is 31.3 Å². The van der Waals surface area contributed by atoms with E-state index in [1.165, 1.54) is 4.90 Å². The Labute approximate surface area is 206 Å². The number of ether oxygens (including phenoxy) is 3. The van der Waals surface area contributed by atoms with Crippen molar-refractivity contribution in [2.24, 2.45) is 5.92 Å². The number of carbonyl (C=O) groups excluding carboxylic acids is 1. The highest BCUT2D eigenvalue weighted by atomic mass is 35.5. The number of quaternary nitrogens is 1. The van der Waals surface area contributed by atoms with Gasteiger partial charge in [-0.3, -0.25) is 4.79 Å². The first-order chi connectivity index (χ1) is 15.4. The minimum atomic E-state index is -0.825. The van der Waals surface area contributed by atoms with E-state index in [-0.39, 0.29) is 24.1 Å². The minimum Gasteiger partial charge on any atom is -1.00 e. The number of ketones is 1. The van der Waals surface area contributed by atoms with Gasteiger partial charge in [0.15, 0.2) is 17.3 Å². The van der Waals surface area contributed by atoms with Crippen LogP contribution in [0.15, 0.2) is 30.3 Å². The molecule has 1 unspecified atom stereocenters. The molecular formula is C25H31Cl2NO5. The zero-order valence-corrected chi connectivity index (χ0v) is 20.8. The maximum Gasteiger partial charge on any atom is 0.203 e. The molecule has 2 aromatic carbocycles. The Hall–Kier alpha value is -1.99. The minimum absolute atomic E-state index is 0. The molecule has 1 aliphatic carbocycles. The first-order valence-electron chi connectivity index (χ1n) is 11.1. The molecule has 6 nitrogen and oxygen atoms in total. The number of nitrogens with one attached hydrogen (secondary N) is 1. The third-order valence-corrected chi connectivity index (χ3v) is 7.26. The number of halogens is 2. The average Bonchev–Trinajstić information content (AvgIpc) is 2.81. The van der Waals surface area contributed by atoms with E-state index in [1.807, 2.05) is 24.3 Å². The number of benzene rings is 2. The summed E-state index contributed by atoms with van der Waals surface area (Å²) in [5, 5.41) is 11.8. The molecule has 1 fully saturated rings. The lowest BCUT2D eigenvalue weighted by Gasteiger charge is -2.38. The number of Topliss-reactive ketones (excluding diaryl/α,β-unsaturated/α-hetero) is 1. The maximum absolute atomic E-state index is 13.4. The molecule has 1 aliphatic heterocycles. The fourth-order valence-electron chi connectivity index (χ4n) is 5.17. The van der Waals surface area contributed by atoms with Gasteiger partial charge in [-0.05, 0) is 36.6 Å². The summed E-state index contributed by atoms with van der Waals surface area (Å²) in [5.74, 6) is 1.71. The van der Waals surface area contributed by atoms with Crippen LogP contribution in [-0.2, 0) is 12.0 Å². The molecule has 0 spiro atoms. The first kappa shape index (κ1) is 25.6. The number of fused-ring (bicyclic) bond motifs is 1. The van der Waals surface area contributed by atoms with E-state index in [4.69, 9.17) is 25.8 Å². The van der Waals surface area contributed by atoms with Crippen LogP contribution in [0.1, 0.15) is 40.7 Å². The van der Waals surface area contributed by atoms with E-state index in [1.54, 1.807) is 27.4 Å².